The number of halogens is 2. The molecule has 0 aromatic carbocycles. The Kier molecular flexibility index (Phi) is 7.63. The van der Waals surface area contributed by atoms with E-state index in [0.29, 0.717) is 19.6 Å². The first kappa shape index (κ1) is 17.9. The normalized spacial score (nSPS) is 18.2. The maximum Gasteiger partial charge on any atom is 0.240 e. The van der Waals surface area contributed by atoms with Gasteiger partial charge in [0.25, 0.3) is 0 Å². The topological polar surface area (TPSA) is 61.4 Å². The fraction of sp³-hybridized carbons (Fsp3) is 0.538. The van der Waals surface area contributed by atoms with Gasteiger partial charge in [-0.25, -0.2) is 4.39 Å². The number of amides is 2. The van der Waals surface area contributed by atoms with Crippen molar-refractivity contribution in [3.63, 3.8) is 0 Å². The van der Waals surface area contributed by atoms with Gasteiger partial charge in [0.05, 0.1) is 19.0 Å². The van der Waals surface area contributed by atoms with Crippen molar-refractivity contribution in [2.45, 2.75) is 19.0 Å². The molecule has 0 bridgehead atoms. The molecule has 2 rings (SSSR count). The molecule has 1 aromatic rings. The molecule has 8 heteroatoms. The SMILES string of the molecule is Cl.O=C(CC1NCCN(CCF)C1=O)NCc1cccs1. The standard InChI is InChI=1S/C13H18FN3O2S.ClH/c14-3-5-17-6-4-15-11(13(17)19)8-12(18)16-9-10-2-1-7-20-10;/h1-2,7,11,15H,3-6,8-9H2,(H,16,18);1H. The summed E-state index contributed by atoms with van der Waals surface area (Å²) in [6.07, 6.45) is 0.0903. The van der Waals surface area contributed by atoms with Crippen molar-refractivity contribution in [3.05, 3.63) is 22.4 Å². The molecule has 0 spiro atoms. The van der Waals surface area contributed by atoms with Crippen LogP contribution in [0, 0.1) is 0 Å². The van der Waals surface area contributed by atoms with E-state index < -0.39 is 12.7 Å². The molecule has 0 saturated carbocycles. The third-order valence-corrected chi connectivity index (χ3v) is 4.04. The lowest BCUT2D eigenvalue weighted by Gasteiger charge is -2.32. The van der Waals surface area contributed by atoms with Crippen LogP contribution in [0.15, 0.2) is 17.5 Å². The first-order chi connectivity index (χ1) is 9.70. The predicted octanol–water partition coefficient (Wildman–Crippen LogP) is 0.946. The summed E-state index contributed by atoms with van der Waals surface area (Å²) >= 11 is 1.57. The van der Waals surface area contributed by atoms with Crippen molar-refractivity contribution < 1.29 is 14.0 Å². The van der Waals surface area contributed by atoms with E-state index in [1.165, 1.54) is 4.90 Å². The summed E-state index contributed by atoms with van der Waals surface area (Å²) in [4.78, 5) is 26.4. The third-order valence-electron chi connectivity index (χ3n) is 3.17. The van der Waals surface area contributed by atoms with Crippen molar-refractivity contribution in [1.29, 1.82) is 0 Å². The zero-order valence-electron chi connectivity index (χ0n) is 11.5. The van der Waals surface area contributed by atoms with Crippen molar-refractivity contribution in [3.8, 4) is 0 Å². The smallest absolute Gasteiger partial charge is 0.240 e. The van der Waals surface area contributed by atoms with E-state index >= 15 is 0 Å². The summed E-state index contributed by atoms with van der Waals surface area (Å²) in [6.45, 7) is 1.12. The number of piperazine rings is 1. The number of nitrogens with one attached hydrogen (secondary N) is 2. The van der Waals surface area contributed by atoms with Crippen molar-refractivity contribution in [1.82, 2.24) is 15.5 Å². The number of hydrogen-bond acceptors (Lipinski definition) is 4. The summed E-state index contributed by atoms with van der Waals surface area (Å²) < 4.78 is 12.3. The third kappa shape index (κ3) is 5.26. The van der Waals surface area contributed by atoms with Crippen LogP contribution in [0.3, 0.4) is 0 Å². The van der Waals surface area contributed by atoms with Gasteiger partial charge in [-0.2, -0.15) is 0 Å². The number of carbonyl (C=O) groups excluding carboxylic acids is 2. The van der Waals surface area contributed by atoms with Gasteiger partial charge in [0, 0.05) is 24.5 Å². The first-order valence-corrected chi connectivity index (χ1v) is 7.46. The van der Waals surface area contributed by atoms with E-state index in [-0.39, 0.29) is 37.2 Å². The highest BCUT2D eigenvalue weighted by atomic mass is 35.5. The van der Waals surface area contributed by atoms with Gasteiger partial charge in [-0.05, 0) is 11.4 Å². The number of nitrogens with zero attached hydrogens (tertiary/aromatic N) is 1. The summed E-state index contributed by atoms with van der Waals surface area (Å²) in [6, 6.07) is 3.32. The Hall–Kier alpha value is -1.18. The van der Waals surface area contributed by atoms with Crippen LogP contribution >= 0.6 is 23.7 Å². The number of rotatable bonds is 6. The summed E-state index contributed by atoms with van der Waals surface area (Å²) in [5.41, 5.74) is 0. The quantitative estimate of drug-likeness (QED) is 0.813. The number of hydrogen-bond donors (Lipinski definition) is 2. The second kappa shape index (κ2) is 8.96. The Morgan fingerprint density at radius 2 is 2.38 bits per heavy atom. The Balaban J connectivity index is 0.00000220. The fourth-order valence-corrected chi connectivity index (χ4v) is 2.78. The van der Waals surface area contributed by atoms with Crippen LogP contribution < -0.4 is 10.6 Å². The Morgan fingerprint density at radius 1 is 1.57 bits per heavy atom. The largest absolute Gasteiger partial charge is 0.351 e. The van der Waals surface area contributed by atoms with E-state index in [4.69, 9.17) is 0 Å². The van der Waals surface area contributed by atoms with Crippen LogP contribution in [0.1, 0.15) is 11.3 Å². The average Bonchev–Trinajstić information content (AvgIpc) is 2.94. The minimum Gasteiger partial charge on any atom is -0.351 e. The molecule has 2 heterocycles. The van der Waals surface area contributed by atoms with Gasteiger partial charge in [-0.3, -0.25) is 9.59 Å². The molecule has 1 atom stereocenters. The van der Waals surface area contributed by atoms with Crippen LogP contribution in [-0.4, -0.2) is 49.1 Å². The van der Waals surface area contributed by atoms with Crippen LogP contribution in [0.2, 0.25) is 0 Å². The predicted molar refractivity (Wildman–Crippen MR) is 82.4 cm³/mol. The molecule has 1 fully saturated rings. The van der Waals surface area contributed by atoms with Crippen LogP contribution in [0.5, 0.6) is 0 Å². The number of carbonyl (C=O) groups is 2. The minimum absolute atomic E-state index is 0. The monoisotopic (exact) mass is 335 g/mol. The maximum absolute atomic E-state index is 12.3. The van der Waals surface area contributed by atoms with Gasteiger partial charge in [0.1, 0.15) is 6.67 Å². The molecule has 5 nitrogen and oxygen atoms in total. The Bertz CT molecular complexity index is 456. The molecule has 118 valence electrons. The lowest BCUT2D eigenvalue weighted by molar-refractivity contribution is -0.138. The van der Waals surface area contributed by atoms with Crippen LogP contribution in [0.25, 0.3) is 0 Å². The summed E-state index contributed by atoms with van der Waals surface area (Å²) in [5.74, 6) is -0.369. The molecule has 1 aromatic heterocycles. The highest BCUT2D eigenvalue weighted by molar-refractivity contribution is 7.09. The zero-order valence-corrected chi connectivity index (χ0v) is 13.1. The first-order valence-electron chi connectivity index (χ1n) is 6.58. The van der Waals surface area contributed by atoms with Crippen molar-refractivity contribution in [2.24, 2.45) is 0 Å². The molecular weight excluding hydrogens is 317 g/mol. The highest BCUT2D eigenvalue weighted by Gasteiger charge is 2.29. The lowest BCUT2D eigenvalue weighted by Crippen LogP contribution is -2.56. The van der Waals surface area contributed by atoms with Gasteiger partial charge < -0.3 is 15.5 Å². The minimum atomic E-state index is -0.553. The summed E-state index contributed by atoms with van der Waals surface area (Å²) in [5, 5.41) is 7.74. The van der Waals surface area contributed by atoms with Gasteiger partial charge in [-0.1, -0.05) is 6.07 Å². The average molecular weight is 336 g/mol. The van der Waals surface area contributed by atoms with E-state index in [2.05, 4.69) is 10.6 Å². The number of alkyl halides is 1. The Labute approximate surface area is 133 Å². The molecule has 0 radical (unpaired) electrons. The van der Waals surface area contributed by atoms with Gasteiger partial charge >= 0.3 is 0 Å². The van der Waals surface area contributed by atoms with E-state index in [9.17, 15) is 14.0 Å². The van der Waals surface area contributed by atoms with Crippen LogP contribution in [-0.2, 0) is 16.1 Å². The van der Waals surface area contributed by atoms with E-state index in [0.717, 1.165) is 4.88 Å². The van der Waals surface area contributed by atoms with Crippen molar-refractivity contribution in [2.75, 3.05) is 26.3 Å². The molecule has 1 aliphatic heterocycles. The highest BCUT2D eigenvalue weighted by Crippen LogP contribution is 2.08. The summed E-state index contributed by atoms with van der Waals surface area (Å²) in [7, 11) is 0. The van der Waals surface area contributed by atoms with Crippen LogP contribution in [0.4, 0.5) is 4.39 Å². The zero-order chi connectivity index (χ0) is 14.4. The maximum atomic E-state index is 12.3. The van der Waals surface area contributed by atoms with Gasteiger partial charge in [0.2, 0.25) is 11.8 Å². The molecule has 2 amide bonds. The molecule has 21 heavy (non-hydrogen) atoms. The lowest BCUT2D eigenvalue weighted by atomic mass is 10.1. The second-order valence-corrected chi connectivity index (χ2v) is 5.61. The fourth-order valence-electron chi connectivity index (χ4n) is 2.13. The van der Waals surface area contributed by atoms with E-state index in [1.54, 1.807) is 11.3 Å². The molecule has 1 aliphatic rings. The molecule has 2 N–H and O–H groups in total. The van der Waals surface area contributed by atoms with Gasteiger partial charge in [-0.15, -0.1) is 23.7 Å². The van der Waals surface area contributed by atoms with Crippen molar-refractivity contribution >= 4 is 35.6 Å². The molecular formula is C13H19ClFN3O2S. The second-order valence-electron chi connectivity index (χ2n) is 4.58. The number of thiophene rings is 1. The molecule has 1 saturated heterocycles. The molecule has 0 aliphatic carbocycles. The van der Waals surface area contributed by atoms with E-state index in [1.807, 2.05) is 17.5 Å². The van der Waals surface area contributed by atoms with Gasteiger partial charge in [0.15, 0.2) is 0 Å². The molecule has 1 unspecified atom stereocenters. The Morgan fingerprint density at radius 3 is 3.05 bits per heavy atom.